The summed E-state index contributed by atoms with van der Waals surface area (Å²) in [5, 5.41) is 0. The molecule has 0 aromatic carbocycles. The number of hydrogen-bond acceptors (Lipinski definition) is 4. The molecule has 3 fully saturated rings. The van der Waals surface area contributed by atoms with E-state index < -0.39 is 0 Å². The van der Waals surface area contributed by atoms with Crippen LogP contribution in [0.4, 0.5) is 0 Å². The zero-order valence-electron chi connectivity index (χ0n) is 16.2. The summed E-state index contributed by atoms with van der Waals surface area (Å²) in [6.07, 6.45) is 4.61. The Bertz CT molecular complexity index is 573. The molecule has 1 aliphatic carbocycles. The fourth-order valence-electron chi connectivity index (χ4n) is 4.49. The van der Waals surface area contributed by atoms with E-state index in [1.54, 1.807) is 4.90 Å². The van der Waals surface area contributed by atoms with Crippen LogP contribution in [0.3, 0.4) is 0 Å². The molecule has 7 nitrogen and oxygen atoms in total. The Balaban J connectivity index is 1.66. The number of hydrogen-bond donors (Lipinski definition) is 0. The van der Waals surface area contributed by atoms with Gasteiger partial charge < -0.3 is 19.4 Å². The minimum Gasteiger partial charge on any atom is -0.369 e. The lowest BCUT2D eigenvalue weighted by molar-refractivity contribution is -0.162. The summed E-state index contributed by atoms with van der Waals surface area (Å²) in [4.78, 5) is 43.0. The Morgan fingerprint density at radius 3 is 2.42 bits per heavy atom. The number of nitrogens with zero attached hydrogens (tertiary/aromatic N) is 3. The van der Waals surface area contributed by atoms with E-state index in [0.717, 1.165) is 32.1 Å². The first-order valence-electron chi connectivity index (χ1n) is 9.82. The summed E-state index contributed by atoms with van der Waals surface area (Å²) >= 11 is 0. The van der Waals surface area contributed by atoms with Gasteiger partial charge in [0.1, 0.15) is 12.6 Å². The van der Waals surface area contributed by atoms with Crippen molar-refractivity contribution >= 4 is 17.7 Å². The molecule has 26 heavy (non-hydrogen) atoms. The molecular formula is C19H31N3O4. The Labute approximate surface area is 155 Å². The van der Waals surface area contributed by atoms with Crippen molar-refractivity contribution in [2.75, 3.05) is 32.8 Å². The van der Waals surface area contributed by atoms with Crippen molar-refractivity contribution in [1.82, 2.24) is 14.7 Å². The quantitative estimate of drug-likeness (QED) is 0.746. The molecule has 0 aromatic rings. The summed E-state index contributed by atoms with van der Waals surface area (Å²) in [6.45, 7) is 7.83. The van der Waals surface area contributed by atoms with E-state index in [4.69, 9.17) is 4.74 Å². The highest BCUT2D eigenvalue weighted by molar-refractivity contribution is 5.88. The van der Waals surface area contributed by atoms with Gasteiger partial charge >= 0.3 is 0 Å². The van der Waals surface area contributed by atoms with E-state index in [9.17, 15) is 14.4 Å². The molecule has 3 aliphatic rings. The second-order valence-corrected chi connectivity index (χ2v) is 8.11. The highest BCUT2D eigenvalue weighted by atomic mass is 16.5. The molecule has 1 saturated carbocycles. The molecule has 3 amide bonds. The van der Waals surface area contributed by atoms with E-state index in [0.29, 0.717) is 26.2 Å². The molecule has 0 bridgehead atoms. The summed E-state index contributed by atoms with van der Waals surface area (Å²) in [5.41, 5.74) is -0.231. The summed E-state index contributed by atoms with van der Waals surface area (Å²) in [7, 11) is 0. The average Bonchev–Trinajstić information content (AvgIpc) is 3.07. The van der Waals surface area contributed by atoms with Crippen LogP contribution >= 0.6 is 0 Å². The van der Waals surface area contributed by atoms with Crippen LogP contribution in [0.1, 0.15) is 52.9 Å². The van der Waals surface area contributed by atoms with Gasteiger partial charge in [-0.2, -0.15) is 0 Å². The molecule has 2 aliphatic heterocycles. The third kappa shape index (κ3) is 3.59. The van der Waals surface area contributed by atoms with E-state index >= 15 is 0 Å². The van der Waals surface area contributed by atoms with Crippen LogP contribution in [-0.2, 0) is 19.1 Å². The van der Waals surface area contributed by atoms with Crippen molar-refractivity contribution in [3.05, 3.63) is 0 Å². The first-order chi connectivity index (χ1) is 12.3. The average molecular weight is 365 g/mol. The molecule has 0 aromatic heterocycles. The molecule has 0 radical (unpaired) electrons. The maximum Gasteiger partial charge on any atom is 0.249 e. The third-order valence-corrected chi connectivity index (χ3v) is 6.03. The van der Waals surface area contributed by atoms with Crippen molar-refractivity contribution in [2.45, 2.75) is 70.6 Å². The van der Waals surface area contributed by atoms with Crippen molar-refractivity contribution < 1.29 is 19.1 Å². The SMILES string of the molecule is CC(=O)N1CCC[C@@H]1C(=O)N1CCN(C(=O)COC(C)C)C2(CCC2)C1. The van der Waals surface area contributed by atoms with Crippen molar-refractivity contribution in [3.8, 4) is 0 Å². The molecule has 0 N–H and O–H groups in total. The monoisotopic (exact) mass is 365 g/mol. The molecule has 146 valence electrons. The number of likely N-dealkylation sites (tertiary alicyclic amines) is 1. The van der Waals surface area contributed by atoms with Crippen LogP contribution in [0.5, 0.6) is 0 Å². The van der Waals surface area contributed by atoms with Gasteiger partial charge in [-0.1, -0.05) is 0 Å². The number of rotatable bonds is 4. The van der Waals surface area contributed by atoms with Crippen LogP contribution in [0, 0.1) is 0 Å². The fourth-order valence-corrected chi connectivity index (χ4v) is 4.49. The van der Waals surface area contributed by atoms with E-state index in [1.807, 2.05) is 23.6 Å². The van der Waals surface area contributed by atoms with Gasteiger partial charge in [0.05, 0.1) is 11.6 Å². The zero-order valence-corrected chi connectivity index (χ0v) is 16.2. The van der Waals surface area contributed by atoms with Gasteiger partial charge in [0.25, 0.3) is 0 Å². The standard InChI is InChI=1S/C19H31N3O4/c1-14(2)26-12-17(24)22-11-10-20(13-19(22)7-5-8-19)18(25)16-6-4-9-21(16)15(3)23/h14,16H,4-13H2,1-3H3/t16-/m1/s1. The topological polar surface area (TPSA) is 70.2 Å². The lowest BCUT2D eigenvalue weighted by Crippen LogP contribution is -2.69. The first kappa shape index (κ1) is 19.1. The largest absolute Gasteiger partial charge is 0.369 e. The van der Waals surface area contributed by atoms with E-state index in [1.165, 1.54) is 6.92 Å². The summed E-state index contributed by atoms with van der Waals surface area (Å²) < 4.78 is 5.50. The van der Waals surface area contributed by atoms with Gasteiger partial charge in [0.15, 0.2) is 0 Å². The number of ether oxygens (including phenoxy) is 1. The Morgan fingerprint density at radius 1 is 1.12 bits per heavy atom. The van der Waals surface area contributed by atoms with E-state index in [-0.39, 0.29) is 42.0 Å². The fraction of sp³-hybridized carbons (Fsp3) is 0.842. The molecule has 3 rings (SSSR count). The van der Waals surface area contributed by atoms with Crippen LogP contribution in [0.25, 0.3) is 0 Å². The number of carbonyl (C=O) groups excluding carboxylic acids is 3. The lowest BCUT2D eigenvalue weighted by atomic mass is 9.73. The smallest absolute Gasteiger partial charge is 0.249 e. The van der Waals surface area contributed by atoms with Crippen molar-refractivity contribution in [3.63, 3.8) is 0 Å². The van der Waals surface area contributed by atoms with Gasteiger partial charge in [-0.15, -0.1) is 0 Å². The molecule has 1 atom stereocenters. The minimum atomic E-state index is -0.323. The number of carbonyl (C=O) groups is 3. The van der Waals surface area contributed by atoms with Gasteiger partial charge in [-0.25, -0.2) is 0 Å². The number of piperazine rings is 1. The van der Waals surface area contributed by atoms with Gasteiger partial charge in [0, 0.05) is 33.1 Å². The maximum atomic E-state index is 13.0. The minimum absolute atomic E-state index is 0.0247. The number of amides is 3. The molecule has 2 saturated heterocycles. The molecule has 2 heterocycles. The highest BCUT2D eigenvalue weighted by Crippen LogP contribution is 2.41. The predicted molar refractivity (Wildman–Crippen MR) is 96.4 cm³/mol. The Kier molecular flexibility index (Phi) is 5.55. The molecule has 1 spiro atoms. The van der Waals surface area contributed by atoms with E-state index in [2.05, 4.69) is 0 Å². The molecular weight excluding hydrogens is 334 g/mol. The first-order valence-corrected chi connectivity index (χ1v) is 9.82. The van der Waals surface area contributed by atoms with Gasteiger partial charge in [0.2, 0.25) is 17.7 Å². The van der Waals surface area contributed by atoms with Gasteiger partial charge in [-0.05, 0) is 46.0 Å². The Morgan fingerprint density at radius 2 is 1.85 bits per heavy atom. The van der Waals surface area contributed by atoms with Crippen LogP contribution in [0.15, 0.2) is 0 Å². The predicted octanol–water partition coefficient (Wildman–Crippen LogP) is 1.02. The highest BCUT2D eigenvalue weighted by Gasteiger charge is 2.50. The molecule has 0 unspecified atom stereocenters. The zero-order chi connectivity index (χ0) is 18.9. The molecule has 7 heteroatoms. The van der Waals surface area contributed by atoms with Crippen LogP contribution in [0.2, 0.25) is 0 Å². The van der Waals surface area contributed by atoms with Gasteiger partial charge in [-0.3, -0.25) is 14.4 Å². The van der Waals surface area contributed by atoms with Crippen molar-refractivity contribution in [1.29, 1.82) is 0 Å². The van der Waals surface area contributed by atoms with Crippen molar-refractivity contribution in [2.24, 2.45) is 0 Å². The second-order valence-electron chi connectivity index (χ2n) is 8.11. The lowest BCUT2D eigenvalue weighted by Gasteiger charge is -2.56. The summed E-state index contributed by atoms with van der Waals surface area (Å²) in [6, 6.07) is -0.323. The second kappa shape index (κ2) is 7.55. The normalized spacial score (nSPS) is 24.9. The summed E-state index contributed by atoms with van der Waals surface area (Å²) in [5.74, 6) is 0.0464. The van der Waals surface area contributed by atoms with Crippen LogP contribution < -0.4 is 0 Å². The maximum absolute atomic E-state index is 13.0. The third-order valence-electron chi connectivity index (χ3n) is 6.03. The Hall–Kier alpha value is -1.63. The van der Waals surface area contributed by atoms with Crippen LogP contribution in [-0.4, -0.2) is 82.9 Å².